The topological polar surface area (TPSA) is 13.7 Å². The van der Waals surface area contributed by atoms with Crippen LogP contribution in [0.15, 0.2) is 11.4 Å². The number of rotatable bonds is 0. The molecule has 1 spiro atoms. The highest BCUT2D eigenvalue weighted by molar-refractivity contribution is 7.10. The van der Waals surface area contributed by atoms with E-state index in [2.05, 4.69) is 11.4 Å². The molecule has 108 valence electrons. The van der Waals surface area contributed by atoms with Crippen molar-refractivity contribution in [2.75, 3.05) is 19.6 Å². The van der Waals surface area contributed by atoms with Crippen molar-refractivity contribution in [3.05, 3.63) is 21.9 Å². The first-order valence-electron chi connectivity index (χ1n) is 8.46. The van der Waals surface area contributed by atoms with E-state index in [9.17, 15) is 0 Å². The minimum absolute atomic E-state index is 0.0969. The maximum absolute atomic E-state index is 6.92. The summed E-state index contributed by atoms with van der Waals surface area (Å²) < 4.78 is 6.92. The van der Waals surface area contributed by atoms with Gasteiger partial charge in [0.2, 0.25) is 0 Å². The van der Waals surface area contributed by atoms with Gasteiger partial charge < -0.3 is 9.64 Å². The van der Waals surface area contributed by atoms with E-state index in [4.69, 9.17) is 4.74 Å². The highest BCUT2D eigenvalue weighted by Crippen LogP contribution is 2.53. The average Bonchev–Trinajstić information content (AvgIpc) is 2.99. The van der Waals surface area contributed by atoms with Crippen LogP contribution in [0.5, 0.6) is 0 Å². The molecule has 1 N–H and O–H groups in total. The summed E-state index contributed by atoms with van der Waals surface area (Å²) in [5.41, 5.74) is 1.70. The predicted molar refractivity (Wildman–Crippen MR) is 80.4 cm³/mol. The first-order chi connectivity index (χ1) is 9.87. The fraction of sp³-hybridized carbons (Fsp3) is 0.765. The van der Waals surface area contributed by atoms with Gasteiger partial charge in [0.15, 0.2) is 0 Å². The monoisotopic (exact) mass is 290 g/mol. The number of thiophene rings is 1. The Labute approximate surface area is 125 Å². The maximum atomic E-state index is 6.92. The molecule has 0 amide bonds. The second-order valence-electron chi connectivity index (χ2n) is 7.34. The number of hydrogen-bond acceptors (Lipinski definition) is 2. The van der Waals surface area contributed by atoms with Gasteiger partial charge in [0, 0.05) is 35.1 Å². The Balaban J connectivity index is 1.63. The molecule has 3 saturated heterocycles. The summed E-state index contributed by atoms with van der Waals surface area (Å²) >= 11 is 2.02. The van der Waals surface area contributed by atoms with Gasteiger partial charge in [-0.3, -0.25) is 0 Å². The Kier molecular flexibility index (Phi) is 2.63. The summed E-state index contributed by atoms with van der Waals surface area (Å²) in [6, 6.07) is 2.41. The van der Waals surface area contributed by atoms with Crippen LogP contribution in [0.2, 0.25) is 0 Å². The average molecular weight is 290 g/mol. The molecule has 5 heterocycles. The van der Waals surface area contributed by atoms with E-state index in [-0.39, 0.29) is 5.60 Å². The summed E-state index contributed by atoms with van der Waals surface area (Å²) in [6.45, 7) is 4.00. The lowest BCUT2D eigenvalue weighted by Gasteiger charge is -2.55. The highest BCUT2D eigenvalue weighted by Gasteiger charge is 2.57. The van der Waals surface area contributed by atoms with Crippen LogP contribution in [0.1, 0.15) is 54.9 Å². The summed E-state index contributed by atoms with van der Waals surface area (Å²) in [6.07, 6.45) is 8.70. The molecule has 0 radical (unpaired) electrons. The van der Waals surface area contributed by atoms with Crippen LogP contribution < -0.4 is 4.90 Å². The molecule has 5 aliphatic rings. The van der Waals surface area contributed by atoms with Crippen LogP contribution in [-0.2, 0) is 10.3 Å². The van der Waals surface area contributed by atoms with Crippen molar-refractivity contribution in [2.45, 2.75) is 56.1 Å². The zero-order valence-corrected chi connectivity index (χ0v) is 12.9. The van der Waals surface area contributed by atoms with Crippen molar-refractivity contribution in [3.8, 4) is 0 Å². The van der Waals surface area contributed by atoms with Crippen LogP contribution in [0, 0.1) is 5.92 Å². The summed E-state index contributed by atoms with van der Waals surface area (Å²) in [7, 11) is 0. The lowest BCUT2D eigenvalue weighted by atomic mass is 9.67. The van der Waals surface area contributed by atoms with Gasteiger partial charge in [0.05, 0.1) is 19.2 Å². The van der Waals surface area contributed by atoms with Crippen molar-refractivity contribution in [1.29, 1.82) is 0 Å². The van der Waals surface area contributed by atoms with E-state index in [1.54, 1.807) is 15.3 Å². The van der Waals surface area contributed by atoms with E-state index < -0.39 is 0 Å². The second kappa shape index (κ2) is 4.31. The highest BCUT2D eigenvalue weighted by atomic mass is 32.1. The number of nitrogens with one attached hydrogen (secondary N) is 1. The molecule has 1 aromatic rings. The predicted octanol–water partition coefficient (Wildman–Crippen LogP) is 2.31. The zero-order valence-electron chi connectivity index (χ0n) is 12.1. The molecule has 20 heavy (non-hydrogen) atoms. The molecule has 1 aromatic heterocycles. The molecule has 3 atom stereocenters. The number of quaternary nitrogens is 1. The van der Waals surface area contributed by atoms with Crippen LogP contribution in [0.3, 0.4) is 0 Å². The molecule has 4 aliphatic heterocycles. The van der Waals surface area contributed by atoms with Gasteiger partial charge in [0.25, 0.3) is 0 Å². The summed E-state index contributed by atoms with van der Waals surface area (Å²) in [4.78, 5) is 3.49. The quantitative estimate of drug-likeness (QED) is 0.774. The molecule has 0 aromatic carbocycles. The molecular weight excluding hydrogens is 266 g/mol. The first-order valence-corrected chi connectivity index (χ1v) is 9.34. The van der Waals surface area contributed by atoms with Gasteiger partial charge in [0.1, 0.15) is 12.1 Å². The van der Waals surface area contributed by atoms with Gasteiger partial charge >= 0.3 is 0 Å². The van der Waals surface area contributed by atoms with Crippen LogP contribution in [0.4, 0.5) is 0 Å². The third-order valence-corrected chi connectivity index (χ3v) is 7.47. The largest absolute Gasteiger partial charge is 0.360 e. The van der Waals surface area contributed by atoms with Crippen LogP contribution >= 0.6 is 11.3 Å². The van der Waals surface area contributed by atoms with E-state index in [0.717, 1.165) is 11.8 Å². The minimum Gasteiger partial charge on any atom is -0.360 e. The molecule has 2 nitrogen and oxygen atoms in total. The van der Waals surface area contributed by atoms with Gasteiger partial charge in [-0.1, -0.05) is 12.8 Å². The molecule has 1 aliphatic carbocycles. The second-order valence-corrected chi connectivity index (χ2v) is 8.28. The smallest absolute Gasteiger partial charge is 0.146 e. The third kappa shape index (κ3) is 1.52. The van der Waals surface area contributed by atoms with Crippen molar-refractivity contribution in [3.63, 3.8) is 0 Å². The van der Waals surface area contributed by atoms with E-state index in [1.165, 1.54) is 58.2 Å². The Bertz CT molecular complexity index is 519. The van der Waals surface area contributed by atoms with Gasteiger partial charge in [-0.05, 0) is 24.3 Å². The lowest BCUT2D eigenvalue weighted by Crippen LogP contribution is -3.17. The molecular formula is C17H24NOS+. The Morgan fingerprint density at radius 1 is 1.15 bits per heavy atom. The SMILES string of the molecule is c1cc2c(s1)[C@H]1CCCC[C@H]1O[C@@]21C[NH+]2CCC1CC2. The normalized spacial score (nSPS) is 46.2. The lowest BCUT2D eigenvalue weighted by molar-refractivity contribution is -0.927. The zero-order chi connectivity index (χ0) is 13.2. The molecule has 1 saturated carbocycles. The van der Waals surface area contributed by atoms with Crippen molar-refractivity contribution >= 4 is 11.3 Å². The van der Waals surface area contributed by atoms with Gasteiger partial charge in [-0.2, -0.15) is 0 Å². The standard InChI is InChI=1S/C17H23NOS/c1-2-4-15-13(3-1)16-14(7-10-20-16)17(19-15)11-18-8-5-12(17)6-9-18/h7,10,12-13,15H,1-6,8-9,11H2/p+1/t13-,15+,17+/m0/s1. The molecule has 4 fully saturated rings. The molecule has 6 rings (SSSR count). The fourth-order valence-corrected chi connectivity index (χ4v) is 6.63. The van der Waals surface area contributed by atoms with Crippen molar-refractivity contribution in [2.24, 2.45) is 5.92 Å². The van der Waals surface area contributed by atoms with Crippen molar-refractivity contribution in [1.82, 2.24) is 0 Å². The van der Waals surface area contributed by atoms with Gasteiger partial charge in [-0.15, -0.1) is 11.3 Å². The fourth-order valence-electron chi connectivity index (χ4n) is 5.47. The number of hydrogen-bond donors (Lipinski definition) is 1. The van der Waals surface area contributed by atoms with E-state index in [0.29, 0.717) is 6.10 Å². The maximum Gasteiger partial charge on any atom is 0.146 e. The summed E-state index contributed by atoms with van der Waals surface area (Å²) in [5.74, 6) is 1.51. The van der Waals surface area contributed by atoms with E-state index >= 15 is 0 Å². The summed E-state index contributed by atoms with van der Waals surface area (Å²) in [5, 5.41) is 2.33. The van der Waals surface area contributed by atoms with E-state index in [1.807, 2.05) is 11.3 Å². The number of fused-ring (bicyclic) bond motifs is 5. The minimum atomic E-state index is 0.0969. The molecule has 2 bridgehead atoms. The Morgan fingerprint density at radius 3 is 2.80 bits per heavy atom. The van der Waals surface area contributed by atoms with Crippen LogP contribution in [0.25, 0.3) is 0 Å². The third-order valence-electron chi connectivity index (χ3n) is 6.42. The van der Waals surface area contributed by atoms with Crippen LogP contribution in [-0.4, -0.2) is 25.7 Å². The Hall–Kier alpha value is -0.380. The Morgan fingerprint density at radius 2 is 2.00 bits per heavy atom. The molecule has 0 unspecified atom stereocenters. The van der Waals surface area contributed by atoms with Crippen molar-refractivity contribution < 1.29 is 9.64 Å². The number of ether oxygens (including phenoxy) is 1. The first kappa shape index (κ1) is 12.2. The van der Waals surface area contributed by atoms with Gasteiger partial charge in [-0.25, -0.2) is 0 Å². The molecule has 3 heteroatoms. The number of piperidine rings is 3.